The first-order valence-corrected chi connectivity index (χ1v) is 11.2. The number of thioether (sulfide) groups is 1. The van der Waals surface area contributed by atoms with Crippen LogP contribution in [0.2, 0.25) is 5.02 Å². The zero-order valence-electron chi connectivity index (χ0n) is 14.7. The van der Waals surface area contributed by atoms with E-state index >= 15 is 0 Å². The van der Waals surface area contributed by atoms with E-state index in [1.165, 1.54) is 11.8 Å². The molecule has 0 unspecified atom stereocenters. The molecule has 0 spiro atoms. The van der Waals surface area contributed by atoms with E-state index in [4.69, 9.17) is 23.8 Å². The maximum Gasteiger partial charge on any atom is 0.266 e. The predicted molar refractivity (Wildman–Crippen MR) is 128 cm³/mol. The number of hydrogen-bond donors (Lipinski definition) is 1. The predicted octanol–water partition coefficient (Wildman–Crippen LogP) is 5.56. The van der Waals surface area contributed by atoms with E-state index in [9.17, 15) is 9.59 Å². The molecule has 0 aromatic heterocycles. The minimum atomic E-state index is -0.145. The van der Waals surface area contributed by atoms with E-state index in [2.05, 4.69) is 27.9 Å². The molecular weight excluding hydrogens is 527 g/mol. The van der Waals surface area contributed by atoms with Crippen molar-refractivity contribution in [2.24, 2.45) is 0 Å². The largest absolute Gasteiger partial charge is 0.326 e. The highest BCUT2D eigenvalue weighted by molar-refractivity contribution is 14.1. The molecule has 1 saturated heterocycles. The van der Waals surface area contributed by atoms with Crippen molar-refractivity contribution in [3.05, 3.63) is 67.6 Å². The van der Waals surface area contributed by atoms with Crippen LogP contribution >= 0.6 is 58.2 Å². The summed E-state index contributed by atoms with van der Waals surface area (Å²) in [5.74, 6) is -0.230. The van der Waals surface area contributed by atoms with E-state index < -0.39 is 0 Å². The molecule has 1 heterocycles. The van der Waals surface area contributed by atoms with Crippen LogP contribution < -0.4 is 5.32 Å². The fourth-order valence-corrected chi connectivity index (χ4v) is 4.43. The Balaban J connectivity index is 1.54. The van der Waals surface area contributed by atoms with Gasteiger partial charge in [-0.05, 0) is 71.0 Å². The standard InChI is InChI=1S/C20H16ClIN2O2S2/c21-16-5-2-1-4-13(16)12-17-19(26)24(20(27)28-17)11-3-6-18(25)23-15-9-7-14(22)8-10-15/h1-2,4-5,7-10,12H,3,6,11H2,(H,23,25)/b17-12-. The number of carbonyl (C=O) groups excluding carboxylic acids is 2. The molecule has 1 N–H and O–H groups in total. The third-order valence-corrected chi connectivity index (χ3v) is 6.42. The summed E-state index contributed by atoms with van der Waals surface area (Å²) in [5.41, 5.74) is 1.54. The Kier molecular flexibility index (Phi) is 7.50. The van der Waals surface area contributed by atoms with Gasteiger partial charge < -0.3 is 5.32 Å². The molecule has 0 radical (unpaired) electrons. The number of amides is 2. The molecule has 2 amide bonds. The van der Waals surface area contributed by atoms with Gasteiger partial charge in [-0.1, -0.05) is 53.8 Å². The molecule has 1 fully saturated rings. The van der Waals surface area contributed by atoms with E-state index in [-0.39, 0.29) is 11.8 Å². The monoisotopic (exact) mass is 542 g/mol. The maximum atomic E-state index is 12.6. The summed E-state index contributed by atoms with van der Waals surface area (Å²) < 4.78 is 1.61. The van der Waals surface area contributed by atoms with Crippen molar-refractivity contribution in [3.8, 4) is 0 Å². The van der Waals surface area contributed by atoms with Gasteiger partial charge in [0.15, 0.2) is 0 Å². The Hall–Kier alpha value is -1.42. The van der Waals surface area contributed by atoms with Crippen LogP contribution in [-0.2, 0) is 9.59 Å². The SMILES string of the molecule is O=C(CCCN1C(=O)/C(=C/c2ccccc2Cl)SC1=S)Nc1ccc(I)cc1. The number of rotatable bonds is 6. The number of halogens is 2. The number of benzene rings is 2. The van der Waals surface area contributed by atoms with Gasteiger partial charge in [0.1, 0.15) is 4.32 Å². The molecule has 2 aromatic carbocycles. The van der Waals surface area contributed by atoms with E-state index in [1.807, 2.05) is 42.5 Å². The molecule has 8 heteroatoms. The normalized spacial score (nSPS) is 15.4. The molecule has 0 atom stereocenters. The van der Waals surface area contributed by atoms with Crippen molar-refractivity contribution in [2.75, 3.05) is 11.9 Å². The van der Waals surface area contributed by atoms with Gasteiger partial charge in [-0.25, -0.2) is 0 Å². The second-order valence-electron chi connectivity index (χ2n) is 6.01. The van der Waals surface area contributed by atoms with Gasteiger partial charge in [0, 0.05) is 27.2 Å². The minimum absolute atomic E-state index is 0.0849. The van der Waals surface area contributed by atoms with Crippen molar-refractivity contribution in [3.63, 3.8) is 0 Å². The maximum absolute atomic E-state index is 12.6. The molecular formula is C20H16ClIN2O2S2. The summed E-state index contributed by atoms with van der Waals surface area (Å²) in [6, 6.07) is 14.9. The minimum Gasteiger partial charge on any atom is -0.326 e. The molecule has 0 saturated carbocycles. The first-order chi connectivity index (χ1) is 13.4. The molecule has 0 aliphatic carbocycles. The Morgan fingerprint density at radius 2 is 1.93 bits per heavy atom. The van der Waals surface area contributed by atoms with Crippen molar-refractivity contribution in [2.45, 2.75) is 12.8 Å². The van der Waals surface area contributed by atoms with Crippen LogP contribution in [0.3, 0.4) is 0 Å². The van der Waals surface area contributed by atoms with Gasteiger partial charge in [-0.3, -0.25) is 14.5 Å². The van der Waals surface area contributed by atoms with Gasteiger partial charge in [-0.2, -0.15) is 0 Å². The average molecular weight is 543 g/mol. The lowest BCUT2D eigenvalue weighted by molar-refractivity contribution is -0.122. The van der Waals surface area contributed by atoms with E-state index in [1.54, 1.807) is 17.0 Å². The molecule has 1 aliphatic heterocycles. The van der Waals surface area contributed by atoms with Crippen LogP contribution in [0.4, 0.5) is 5.69 Å². The second-order valence-corrected chi connectivity index (χ2v) is 9.34. The molecule has 28 heavy (non-hydrogen) atoms. The first kappa shape index (κ1) is 21.3. The van der Waals surface area contributed by atoms with Gasteiger partial charge in [-0.15, -0.1) is 0 Å². The lowest BCUT2D eigenvalue weighted by Gasteiger charge is -2.14. The van der Waals surface area contributed by atoms with E-state index in [0.29, 0.717) is 33.6 Å². The second kappa shape index (κ2) is 9.87. The van der Waals surface area contributed by atoms with Crippen LogP contribution in [0.5, 0.6) is 0 Å². The molecule has 0 bridgehead atoms. The highest BCUT2D eigenvalue weighted by Gasteiger charge is 2.31. The third kappa shape index (κ3) is 5.56. The summed E-state index contributed by atoms with van der Waals surface area (Å²) in [6.45, 7) is 0.407. The Labute approximate surface area is 191 Å². The smallest absolute Gasteiger partial charge is 0.266 e. The van der Waals surface area contributed by atoms with Gasteiger partial charge >= 0.3 is 0 Å². The Bertz CT molecular complexity index is 947. The summed E-state index contributed by atoms with van der Waals surface area (Å²) in [5, 5.41) is 3.44. The highest BCUT2D eigenvalue weighted by atomic mass is 127. The topological polar surface area (TPSA) is 49.4 Å². The zero-order chi connectivity index (χ0) is 20.1. The van der Waals surface area contributed by atoms with Crippen molar-refractivity contribution < 1.29 is 9.59 Å². The van der Waals surface area contributed by atoms with Gasteiger partial charge in [0.2, 0.25) is 5.91 Å². The molecule has 2 aromatic rings. The molecule has 4 nitrogen and oxygen atoms in total. The summed E-state index contributed by atoms with van der Waals surface area (Å²) >= 11 is 15.0. The summed E-state index contributed by atoms with van der Waals surface area (Å²) in [6.07, 6.45) is 2.60. The lowest BCUT2D eigenvalue weighted by atomic mass is 10.2. The van der Waals surface area contributed by atoms with Crippen LogP contribution in [0.15, 0.2) is 53.4 Å². The van der Waals surface area contributed by atoms with E-state index in [0.717, 1.165) is 14.8 Å². The fraction of sp³-hybridized carbons (Fsp3) is 0.150. The number of anilines is 1. The van der Waals surface area contributed by atoms with Crippen LogP contribution in [0.1, 0.15) is 18.4 Å². The molecule has 1 aliphatic rings. The number of nitrogens with zero attached hydrogens (tertiary/aromatic N) is 1. The van der Waals surface area contributed by atoms with Crippen LogP contribution in [0.25, 0.3) is 6.08 Å². The summed E-state index contributed by atoms with van der Waals surface area (Å²) in [7, 11) is 0. The fourth-order valence-electron chi connectivity index (χ4n) is 2.58. The highest BCUT2D eigenvalue weighted by Crippen LogP contribution is 2.33. The van der Waals surface area contributed by atoms with Crippen LogP contribution in [0, 0.1) is 3.57 Å². The number of hydrogen-bond acceptors (Lipinski definition) is 4. The zero-order valence-corrected chi connectivity index (χ0v) is 19.2. The third-order valence-electron chi connectivity index (χ3n) is 3.98. The quantitative estimate of drug-likeness (QED) is 0.295. The number of thiocarbonyl (C=S) groups is 1. The lowest BCUT2D eigenvalue weighted by Crippen LogP contribution is -2.29. The van der Waals surface area contributed by atoms with Crippen LogP contribution in [-0.4, -0.2) is 27.6 Å². The number of carbonyl (C=O) groups is 2. The average Bonchev–Trinajstić information content (AvgIpc) is 2.93. The van der Waals surface area contributed by atoms with Gasteiger partial charge in [0.05, 0.1) is 4.91 Å². The van der Waals surface area contributed by atoms with Gasteiger partial charge in [0.25, 0.3) is 5.91 Å². The van der Waals surface area contributed by atoms with Crippen molar-refractivity contribution in [1.82, 2.24) is 4.90 Å². The summed E-state index contributed by atoms with van der Waals surface area (Å²) in [4.78, 5) is 26.8. The van der Waals surface area contributed by atoms with Crippen molar-refractivity contribution >= 4 is 86.1 Å². The molecule has 3 rings (SSSR count). The van der Waals surface area contributed by atoms with Crippen molar-refractivity contribution in [1.29, 1.82) is 0 Å². The Morgan fingerprint density at radius 3 is 2.64 bits per heavy atom. The number of nitrogens with one attached hydrogen (secondary N) is 1. The Morgan fingerprint density at radius 1 is 1.21 bits per heavy atom. The first-order valence-electron chi connectivity index (χ1n) is 8.49. The molecule has 144 valence electrons.